The van der Waals surface area contributed by atoms with Gasteiger partial charge in [0.15, 0.2) is 16.4 Å². The molecule has 0 unspecified atom stereocenters. The molecule has 9 heteroatoms. The summed E-state index contributed by atoms with van der Waals surface area (Å²) in [5.41, 5.74) is 0.363. The van der Waals surface area contributed by atoms with Gasteiger partial charge < -0.3 is 18.9 Å². The van der Waals surface area contributed by atoms with Crippen LogP contribution in [0.25, 0.3) is 6.08 Å². The molecule has 2 aliphatic rings. The van der Waals surface area contributed by atoms with E-state index in [9.17, 15) is 8.42 Å². The molecule has 0 radical (unpaired) electrons. The standard InChI is InChI=1S/C15H23N3O5S/c1-12-14(13(23-16-12)4-7-17(2)3)24(19,20)18-8-5-15(6-9-18)21-10-11-22-15/h4,7H,5-6,8-11H2,1-3H3. The molecule has 0 N–H and O–H groups in total. The average molecular weight is 357 g/mol. The second-order valence-electron chi connectivity index (χ2n) is 6.25. The number of aromatic nitrogens is 1. The van der Waals surface area contributed by atoms with Crippen molar-refractivity contribution in [1.82, 2.24) is 14.4 Å². The number of nitrogens with zero attached hydrogens (tertiary/aromatic N) is 3. The van der Waals surface area contributed by atoms with Crippen LogP contribution in [0.1, 0.15) is 24.3 Å². The molecule has 0 saturated carbocycles. The second kappa shape index (κ2) is 6.47. The topological polar surface area (TPSA) is 85.1 Å². The number of aryl methyl sites for hydroxylation is 1. The molecule has 1 aromatic heterocycles. The quantitative estimate of drug-likeness (QED) is 0.796. The molecular formula is C15H23N3O5S. The van der Waals surface area contributed by atoms with E-state index in [4.69, 9.17) is 14.0 Å². The summed E-state index contributed by atoms with van der Waals surface area (Å²) in [4.78, 5) is 1.93. The number of ether oxygens (including phenoxy) is 2. The van der Waals surface area contributed by atoms with Crippen LogP contribution in [-0.2, 0) is 19.5 Å². The molecular weight excluding hydrogens is 334 g/mol. The predicted octanol–water partition coefficient (Wildman–Crippen LogP) is 1.04. The lowest BCUT2D eigenvalue weighted by atomic mass is 10.1. The molecule has 3 heterocycles. The van der Waals surface area contributed by atoms with Gasteiger partial charge in [0.25, 0.3) is 0 Å². The smallest absolute Gasteiger partial charge is 0.248 e. The molecule has 1 spiro atoms. The van der Waals surface area contributed by atoms with Gasteiger partial charge in [0.2, 0.25) is 10.0 Å². The number of hydrogen-bond acceptors (Lipinski definition) is 7. The Bertz CT molecular complexity index is 709. The maximum Gasteiger partial charge on any atom is 0.248 e. The van der Waals surface area contributed by atoms with Crippen molar-refractivity contribution in [1.29, 1.82) is 0 Å². The summed E-state index contributed by atoms with van der Waals surface area (Å²) in [6, 6.07) is 0. The summed E-state index contributed by atoms with van der Waals surface area (Å²) in [6.45, 7) is 3.47. The molecule has 3 rings (SSSR count). The maximum absolute atomic E-state index is 13.0. The van der Waals surface area contributed by atoms with Crippen molar-refractivity contribution >= 4 is 16.1 Å². The third-order valence-electron chi connectivity index (χ3n) is 4.25. The normalized spacial score (nSPS) is 21.8. The van der Waals surface area contributed by atoms with Gasteiger partial charge in [0.1, 0.15) is 5.69 Å². The van der Waals surface area contributed by atoms with Crippen molar-refractivity contribution < 1.29 is 22.4 Å². The minimum Gasteiger partial charge on any atom is -0.383 e. The third kappa shape index (κ3) is 3.21. The van der Waals surface area contributed by atoms with Crippen molar-refractivity contribution in [3.8, 4) is 0 Å². The zero-order valence-electron chi connectivity index (χ0n) is 14.2. The first-order valence-electron chi connectivity index (χ1n) is 7.93. The first-order chi connectivity index (χ1) is 11.3. The van der Waals surface area contributed by atoms with Crippen LogP contribution in [0.4, 0.5) is 0 Å². The van der Waals surface area contributed by atoms with Crippen molar-refractivity contribution in [2.75, 3.05) is 40.4 Å². The Morgan fingerprint density at radius 1 is 1.21 bits per heavy atom. The van der Waals surface area contributed by atoms with E-state index in [0.717, 1.165) is 0 Å². The van der Waals surface area contributed by atoms with E-state index in [1.54, 1.807) is 24.1 Å². The molecule has 2 saturated heterocycles. The fourth-order valence-corrected chi connectivity index (χ4v) is 4.69. The molecule has 134 valence electrons. The molecule has 1 aromatic rings. The summed E-state index contributed by atoms with van der Waals surface area (Å²) < 4.78 is 44.0. The molecule has 2 aliphatic heterocycles. The van der Waals surface area contributed by atoms with Crippen molar-refractivity contribution in [3.63, 3.8) is 0 Å². The van der Waals surface area contributed by atoms with E-state index in [2.05, 4.69) is 5.16 Å². The zero-order chi connectivity index (χ0) is 17.4. The molecule has 0 aliphatic carbocycles. The highest BCUT2D eigenvalue weighted by atomic mass is 32.2. The number of rotatable bonds is 4. The molecule has 0 bridgehead atoms. The second-order valence-corrected chi connectivity index (χ2v) is 8.13. The summed E-state index contributed by atoms with van der Waals surface area (Å²) in [7, 11) is 0.0157. The van der Waals surface area contributed by atoms with E-state index >= 15 is 0 Å². The highest BCUT2D eigenvalue weighted by molar-refractivity contribution is 7.89. The van der Waals surface area contributed by atoms with Gasteiger partial charge in [0.05, 0.1) is 13.2 Å². The van der Waals surface area contributed by atoms with E-state index in [0.29, 0.717) is 44.8 Å². The van der Waals surface area contributed by atoms with Crippen molar-refractivity contribution in [3.05, 3.63) is 17.7 Å². The fraction of sp³-hybridized carbons (Fsp3) is 0.667. The minimum absolute atomic E-state index is 0.129. The Kier molecular flexibility index (Phi) is 4.69. The summed E-state index contributed by atoms with van der Waals surface area (Å²) in [5, 5.41) is 3.83. The average Bonchev–Trinajstić information content (AvgIpc) is 3.13. The highest BCUT2D eigenvalue weighted by Crippen LogP contribution is 2.34. The van der Waals surface area contributed by atoms with Gasteiger partial charge in [-0.25, -0.2) is 8.42 Å². The van der Waals surface area contributed by atoms with Crippen molar-refractivity contribution in [2.45, 2.75) is 30.4 Å². The summed E-state index contributed by atoms with van der Waals surface area (Å²) in [5.74, 6) is -0.363. The zero-order valence-corrected chi connectivity index (χ0v) is 15.0. The summed E-state index contributed by atoms with van der Waals surface area (Å²) >= 11 is 0. The third-order valence-corrected chi connectivity index (χ3v) is 6.31. The van der Waals surface area contributed by atoms with Crippen LogP contribution >= 0.6 is 0 Å². The number of sulfonamides is 1. The minimum atomic E-state index is -3.68. The molecule has 24 heavy (non-hydrogen) atoms. The predicted molar refractivity (Wildman–Crippen MR) is 86.6 cm³/mol. The van der Waals surface area contributed by atoms with Crippen LogP contribution < -0.4 is 0 Å². The van der Waals surface area contributed by atoms with E-state index in [-0.39, 0.29) is 10.7 Å². The molecule has 0 aromatic carbocycles. The maximum atomic E-state index is 13.0. The van der Waals surface area contributed by atoms with E-state index in [1.807, 2.05) is 14.1 Å². The lowest BCUT2D eigenvalue weighted by molar-refractivity contribution is -0.179. The molecule has 2 fully saturated rings. The van der Waals surface area contributed by atoms with Crippen LogP contribution in [0.15, 0.2) is 15.6 Å². The monoisotopic (exact) mass is 357 g/mol. The summed E-state index contributed by atoms with van der Waals surface area (Å²) in [6.07, 6.45) is 4.39. The van der Waals surface area contributed by atoms with Gasteiger partial charge in [-0.3, -0.25) is 0 Å². The van der Waals surface area contributed by atoms with Gasteiger partial charge in [-0.1, -0.05) is 5.16 Å². The molecule has 0 atom stereocenters. The van der Waals surface area contributed by atoms with Crippen LogP contribution in [0.3, 0.4) is 0 Å². The van der Waals surface area contributed by atoms with Gasteiger partial charge in [-0.15, -0.1) is 0 Å². The van der Waals surface area contributed by atoms with Gasteiger partial charge in [0, 0.05) is 52.3 Å². The fourth-order valence-electron chi connectivity index (χ4n) is 3.00. The lowest BCUT2D eigenvalue weighted by Gasteiger charge is -2.36. The van der Waals surface area contributed by atoms with Crippen LogP contribution in [0, 0.1) is 6.92 Å². The van der Waals surface area contributed by atoms with E-state index < -0.39 is 15.8 Å². The van der Waals surface area contributed by atoms with E-state index in [1.165, 1.54) is 4.31 Å². The van der Waals surface area contributed by atoms with Gasteiger partial charge in [-0.05, 0) is 6.92 Å². The first-order valence-corrected chi connectivity index (χ1v) is 9.37. The van der Waals surface area contributed by atoms with Crippen molar-refractivity contribution in [2.24, 2.45) is 0 Å². The van der Waals surface area contributed by atoms with Crippen LogP contribution in [0.2, 0.25) is 0 Å². The molecule has 8 nitrogen and oxygen atoms in total. The lowest BCUT2D eigenvalue weighted by Crippen LogP contribution is -2.47. The molecule has 0 amide bonds. The largest absolute Gasteiger partial charge is 0.383 e. The Labute approximate surface area is 142 Å². The number of hydrogen-bond donors (Lipinski definition) is 0. The highest BCUT2D eigenvalue weighted by Gasteiger charge is 2.43. The Balaban J connectivity index is 1.82. The Morgan fingerprint density at radius 2 is 1.83 bits per heavy atom. The Hall–Kier alpha value is -1.42. The number of piperidine rings is 1. The Morgan fingerprint density at radius 3 is 2.42 bits per heavy atom. The van der Waals surface area contributed by atoms with Gasteiger partial charge >= 0.3 is 0 Å². The van der Waals surface area contributed by atoms with Gasteiger partial charge in [-0.2, -0.15) is 4.31 Å². The SMILES string of the molecule is Cc1noc(C=CN(C)C)c1S(=O)(=O)N1CCC2(CC1)OCCO2. The van der Waals surface area contributed by atoms with Crippen LogP contribution in [0.5, 0.6) is 0 Å². The first kappa shape index (κ1) is 17.4. The van der Waals surface area contributed by atoms with Crippen LogP contribution in [-0.4, -0.2) is 69.0 Å².